The third-order valence-electron chi connectivity index (χ3n) is 4.50. The molecule has 1 saturated heterocycles. The van der Waals surface area contributed by atoms with E-state index >= 15 is 0 Å². The predicted molar refractivity (Wildman–Crippen MR) is 95.9 cm³/mol. The Morgan fingerprint density at radius 3 is 2.40 bits per heavy atom. The molecule has 7 heteroatoms. The topological polar surface area (TPSA) is 63.2 Å². The summed E-state index contributed by atoms with van der Waals surface area (Å²) in [5.74, 6) is 2.24. The van der Waals surface area contributed by atoms with Crippen LogP contribution in [0.25, 0.3) is 5.65 Å². The molecule has 1 fully saturated rings. The molecule has 3 heterocycles. The molecule has 0 bridgehead atoms. The number of methoxy groups -OCH3 is 1. The Hall–Kier alpha value is -2.96. The molecule has 0 unspecified atom stereocenters. The van der Waals surface area contributed by atoms with E-state index < -0.39 is 0 Å². The van der Waals surface area contributed by atoms with E-state index in [1.54, 1.807) is 26.2 Å². The number of hydrogen-bond acceptors (Lipinski definition) is 6. The molecule has 1 aromatic carbocycles. The Morgan fingerprint density at radius 2 is 1.72 bits per heavy atom. The first-order valence-electron chi connectivity index (χ1n) is 8.29. The van der Waals surface area contributed by atoms with Crippen LogP contribution < -0.4 is 20.1 Å². The SMILES string of the molecule is COc1ccc(N2CCN(c3cc(=O)n4oc(C)cc4n3)CC2)cc1. The molecule has 0 radical (unpaired) electrons. The van der Waals surface area contributed by atoms with Gasteiger partial charge < -0.3 is 19.1 Å². The second-order valence-corrected chi connectivity index (χ2v) is 6.12. The lowest BCUT2D eigenvalue weighted by Gasteiger charge is -2.36. The maximum absolute atomic E-state index is 12.2. The summed E-state index contributed by atoms with van der Waals surface area (Å²) in [6, 6.07) is 11.4. The summed E-state index contributed by atoms with van der Waals surface area (Å²) in [6.07, 6.45) is 0. The van der Waals surface area contributed by atoms with Crippen molar-refractivity contribution >= 4 is 17.2 Å². The molecule has 25 heavy (non-hydrogen) atoms. The van der Waals surface area contributed by atoms with Crippen molar-refractivity contribution in [3.63, 3.8) is 0 Å². The van der Waals surface area contributed by atoms with Crippen LogP contribution in [0.3, 0.4) is 0 Å². The Labute approximate surface area is 145 Å². The van der Waals surface area contributed by atoms with Gasteiger partial charge in [0, 0.05) is 44.0 Å². The van der Waals surface area contributed by atoms with Crippen molar-refractivity contribution in [2.45, 2.75) is 6.92 Å². The second-order valence-electron chi connectivity index (χ2n) is 6.12. The van der Waals surface area contributed by atoms with Gasteiger partial charge >= 0.3 is 0 Å². The van der Waals surface area contributed by atoms with E-state index in [1.807, 2.05) is 12.1 Å². The maximum Gasteiger partial charge on any atom is 0.289 e. The molecule has 0 N–H and O–H groups in total. The van der Waals surface area contributed by atoms with E-state index in [0.717, 1.165) is 31.9 Å². The summed E-state index contributed by atoms with van der Waals surface area (Å²) in [7, 11) is 1.67. The van der Waals surface area contributed by atoms with E-state index in [1.165, 1.54) is 10.3 Å². The summed E-state index contributed by atoms with van der Waals surface area (Å²) in [5, 5.41) is 0. The van der Waals surface area contributed by atoms with E-state index in [4.69, 9.17) is 9.26 Å². The number of aromatic nitrogens is 2. The van der Waals surface area contributed by atoms with Gasteiger partial charge in [-0.1, -0.05) is 0 Å². The van der Waals surface area contributed by atoms with Gasteiger partial charge in [-0.05, 0) is 31.2 Å². The van der Waals surface area contributed by atoms with Crippen molar-refractivity contribution < 1.29 is 9.26 Å². The minimum atomic E-state index is -0.189. The highest BCUT2D eigenvalue weighted by atomic mass is 16.5. The molecule has 1 aliphatic rings. The van der Waals surface area contributed by atoms with Crippen molar-refractivity contribution in [2.24, 2.45) is 0 Å². The van der Waals surface area contributed by atoms with E-state index in [2.05, 4.69) is 26.9 Å². The maximum atomic E-state index is 12.2. The zero-order chi connectivity index (χ0) is 17.4. The van der Waals surface area contributed by atoms with Crippen LogP contribution in [-0.4, -0.2) is 42.8 Å². The van der Waals surface area contributed by atoms with Gasteiger partial charge in [0.2, 0.25) is 0 Å². The third kappa shape index (κ3) is 2.93. The van der Waals surface area contributed by atoms with Crippen LogP contribution in [0.5, 0.6) is 5.75 Å². The van der Waals surface area contributed by atoms with Crippen molar-refractivity contribution in [3.8, 4) is 5.75 Å². The Bertz CT molecular complexity index is 937. The molecule has 0 saturated carbocycles. The quantitative estimate of drug-likeness (QED) is 0.726. The summed E-state index contributed by atoms with van der Waals surface area (Å²) < 4.78 is 11.8. The number of rotatable bonds is 3. The fourth-order valence-electron chi connectivity index (χ4n) is 3.16. The van der Waals surface area contributed by atoms with Crippen LogP contribution in [0, 0.1) is 6.92 Å². The van der Waals surface area contributed by atoms with Crippen LogP contribution in [0.4, 0.5) is 11.5 Å². The van der Waals surface area contributed by atoms with Gasteiger partial charge in [0.15, 0.2) is 5.65 Å². The molecular weight excluding hydrogens is 320 g/mol. The molecule has 0 spiro atoms. The van der Waals surface area contributed by atoms with Gasteiger partial charge in [-0.25, -0.2) is 4.98 Å². The minimum absolute atomic E-state index is 0.189. The van der Waals surface area contributed by atoms with Crippen LogP contribution in [0.1, 0.15) is 5.76 Å². The minimum Gasteiger partial charge on any atom is -0.497 e. The smallest absolute Gasteiger partial charge is 0.289 e. The Morgan fingerprint density at radius 1 is 1.04 bits per heavy atom. The second kappa shape index (κ2) is 6.16. The van der Waals surface area contributed by atoms with Crippen molar-refractivity contribution in [1.29, 1.82) is 0 Å². The molecule has 3 aromatic rings. The van der Waals surface area contributed by atoms with Gasteiger partial charge in [-0.3, -0.25) is 4.79 Å². The summed E-state index contributed by atoms with van der Waals surface area (Å²) in [6.45, 7) is 5.17. The molecule has 0 amide bonds. The molecular formula is C18H20N4O3. The number of anilines is 2. The fourth-order valence-corrected chi connectivity index (χ4v) is 3.16. The standard InChI is InChI=1S/C18H20N4O3/c1-13-11-17-19-16(12-18(23)22(17)25-13)21-9-7-20(8-10-21)14-3-5-15(24-2)6-4-14/h3-6,11-12H,7-10H2,1-2H3. The van der Waals surface area contributed by atoms with Crippen LogP contribution in [-0.2, 0) is 0 Å². The number of piperazine rings is 1. The molecule has 0 aliphatic carbocycles. The number of ether oxygens (including phenoxy) is 1. The summed E-state index contributed by atoms with van der Waals surface area (Å²) >= 11 is 0. The Kier molecular flexibility index (Phi) is 3.83. The monoisotopic (exact) mass is 340 g/mol. The van der Waals surface area contributed by atoms with Crippen molar-refractivity contribution in [2.75, 3.05) is 43.1 Å². The first-order chi connectivity index (χ1) is 12.1. The predicted octanol–water partition coefficient (Wildman–Crippen LogP) is 1.93. The zero-order valence-corrected chi connectivity index (χ0v) is 14.3. The van der Waals surface area contributed by atoms with Gasteiger partial charge in [-0.2, -0.15) is 0 Å². The largest absolute Gasteiger partial charge is 0.497 e. The molecule has 1 aliphatic heterocycles. The normalized spacial score (nSPS) is 15.0. The molecule has 4 rings (SSSR count). The highest BCUT2D eigenvalue weighted by Crippen LogP contribution is 2.22. The molecule has 130 valence electrons. The molecule has 0 atom stereocenters. The third-order valence-corrected chi connectivity index (χ3v) is 4.50. The lowest BCUT2D eigenvalue weighted by atomic mass is 10.2. The zero-order valence-electron chi connectivity index (χ0n) is 14.3. The van der Waals surface area contributed by atoms with E-state index in [9.17, 15) is 4.79 Å². The average molecular weight is 340 g/mol. The summed E-state index contributed by atoms with van der Waals surface area (Å²) in [4.78, 5) is 21.2. The van der Waals surface area contributed by atoms with Gasteiger partial charge in [0.1, 0.15) is 17.3 Å². The molecule has 7 nitrogen and oxygen atoms in total. The number of nitrogens with zero attached hydrogens (tertiary/aromatic N) is 4. The lowest BCUT2D eigenvalue weighted by Crippen LogP contribution is -2.47. The number of benzene rings is 1. The van der Waals surface area contributed by atoms with Crippen LogP contribution >= 0.6 is 0 Å². The lowest BCUT2D eigenvalue weighted by molar-refractivity contribution is 0.345. The molecule has 2 aromatic heterocycles. The summed E-state index contributed by atoms with van der Waals surface area (Å²) in [5.41, 5.74) is 1.54. The number of hydrogen-bond donors (Lipinski definition) is 0. The van der Waals surface area contributed by atoms with E-state index in [-0.39, 0.29) is 5.56 Å². The fraction of sp³-hybridized carbons (Fsp3) is 0.333. The first-order valence-corrected chi connectivity index (χ1v) is 8.29. The first kappa shape index (κ1) is 15.6. The highest BCUT2D eigenvalue weighted by molar-refractivity contribution is 5.52. The van der Waals surface area contributed by atoms with Crippen molar-refractivity contribution in [3.05, 3.63) is 52.5 Å². The van der Waals surface area contributed by atoms with Crippen molar-refractivity contribution in [1.82, 2.24) is 9.56 Å². The van der Waals surface area contributed by atoms with E-state index in [0.29, 0.717) is 17.2 Å². The van der Waals surface area contributed by atoms with Crippen LogP contribution in [0.2, 0.25) is 0 Å². The van der Waals surface area contributed by atoms with Gasteiger partial charge in [0.25, 0.3) is 5.56 Å². The van der Waals surface area contributed by atoms with Gasteiger partial charge in [-0.15, -0.1) is 4.57 Å². The van der Waals surface area contributed by atoms with Gasteiger partial charge in [0.05, 0.1) is 7.11 Å². The highest BCUT2D eigenvalue weighted by Gasteiger charge is 2.20. The number of fused-ring (bicyclic) bond motifs is 1. The number of aryl methyl sites for hydroxylation is 1. The van der Waals surface area contributed by atoms with Crippen LogP contribution in [0.15, 0.2) is 45.7 Å². The Balaban J connectivity index is 1.50. The average Bonchev–Trinajstić information content (AvgIpc) is 3.03.